The lowest BCUT2D eigenvalue weighted by atomic mass is 10.1. The molecule has 0 spiro atoms. The van der Waals surface area contributed by atoms with Gasteiger partial charge in [0.25, 0.3) is 5.78 Å². The van der Waals surface area contributed by atoms with Crippen LogP contribution in [0, 0.1) is 0 Å². The first kappa shape index (κ1) is 50.0. The highest BCUT2D eigenvalue weighted by Gasteiger charge is 2.24. The van der Waals surface area contributed by atoms with Crippen molar-refractivity contribution in [2.75, 3.05) is 0 Å². The summed E-state index contributed by atoms with van der Waals surface area (Å²) < 4.78 is 16.4. The topological polar surface area (TPSA) is 71.2 Å². The van der Waals surface area contributed by atoms with Crippen molar-refractivity contribution in [2.45, 2.75) is 181 Å². The number of ketones is 1. The summed E-state index contributed by atoms with van der Waals surface area (Å²) in [4.78, 5) is 25.1. The van der Waals surface area contributed by atoms with Gasteiger partial charge in [-0.2, -0.15) is 0 Å². The zero-order valence-corrected chi connectivity index (χ0v) is 40.4. The summed E-state index contributed by atoms with van der Waals surface area (Å²) in [6.07, 6.45) is 35.0. The minimum absolute atomic E-state index is 0.140. The van der Waals surface area contributed by atoms with E-state index in [0.29, 0.717) is 11.6 Å². The van der Waals surface area contributed by atoms with Crippen LogP contribution in [0.5, 0.6) is 23.0 Å². The zero-order valence-electron chi connectivity index (χ0n) is 40.4. The van der Waals surface area contributed by atoms with E-state index < -0.39 is 0 Å². The van der Waals surface area contributed by atoms with Crippen LogP contribution in [0.2, 0.25) is 0 Å². The number of aryl methyl sites for hydroxylation is 2. The maximum Gasteiger partial charge on any atom is 0.263 e. The third-order valence-electron chi connectivity index (χ3n) is 12.7. The van der Waals surface area contributed by atoms with Crippen LogP contribution in [-0.4, -0.2) is 24.9 Å². The van der Waals surface area contributed by atoms with E-state index in [1.54, 1.807) is 0 Å². The molecule has 0 N–H and O–H groups in total. The predicted octanol–water partition coefficient (Wildman–Crippen LogP) is 17.6. The molecule has 0 amide bonds. The Bertz CT molecular complexity index is 2050. The molecule has 0 aliphatic carbocycles. The molecule has 2 aromatic heterocycles. The number of nitrogens with zero attached hydrogens (tertiary/aromatic N) is 4. The molecule has 7 nitrogen and oxygen atoms in total. The lowest BCUT2D eigenvalue weighted by molar-refractivity contribution is 0.101. The Hall–Kier alpha value is -5.43. The number of unbranched alkanes of at least 4 members (excludes halogenated alkanes) is 22. The van der Waals surface area contributed by atoms with Crippen molar-refractivity contribution in [1.29, 1.82) is 0 Å². The molecule has 6 rings (SSSR count). The minimum atomic E-state index is -0.140. The van der Waals surface area contributed by atoms with Crippen LogP contribution in [0.1, 0.15) is 184 Å². The lowest BCUT2D eigenvalue weighted by Gasteiger charge is -2.09. The van der Waals surface area contributed by atoms with Crippen molar-refractivity contribution < 1.29 is 14.3 Å². The van der Waals surface area contributed by atoms with Crippen LogP contribution in [0.25, 0.3) is 22.5 Å². The number of imidazole rings is 2. The van der Waals surface area contributed by atoms with Gasteiger partial charge < -0.3 is 18.6 Å². The number of aromatic nitrogens is 4. The van der Waals surface area contributed by atoms with Crippen molar-refractivity contribution in [3.63, 3.8) is 0 Å². The summed E-state index contributed by atoms with van der Waals surface area (Å²) in [5, 5.41) is 0. The molecule has 7 heteroatoms. The maximum atomic E-state index is 14.9. The Morgan fingerprint density at radius 2 is 0.667 bits per heavy atom. The van der Waals surface area contributed by atoms with Gasteiger partial charge in [0.2, 0.25) is 0 Å². The summed E-state index contributed by atoms with van der Waals surface area (Å²) in [6, 6.07) is 35.6. The van der Waals surface area contributed by atoms with E-state index in [1.807, 2.05) is 109 Å². The number of carbonyl (C=O) groups is 1. The first-order valence-corrected chi connectivity index (χ1v) is 26.0. The molecule has 0 aliphatic rings. The van der Waals surface area contributed by atoms with Gasteiger partial charge in [-0.25, -0.2) is 9.97 Å². The fourth-order valence-corrected chi connectivity index (χ4v) is 8.80. The van der Waals surface area contributed by atoms with E-state index in [9.17, 15) is 4.79 Å². The van der Waals surface area contributed by atoms with Gasteiger partial charge in [0.05, 0.1) is 11.4 Å². The Balaban J connectivity index is 1.15. The molecule has 0 saturated carbocycles. The van der Waals surface area contributed by atoms with E-state index in [0.717, 1.165) is 84.3 Å². The average Bonchev–Trinajstić information content (AvgIpc) is 3.98. The van der Waals surface area contributed by atoms with Crippen LogP contribution >= 0.6 is 0 Å². The van der Waals surface area contributed by atoms with E-state index in [1.165, 1.54) is 128 Å². The molecule has 2 heterocycles. The molecule has 0 aliphatic heterocycles. The normalized spacial score (nSPS) is 11.3. The third kappa shape index (κ3) is 17.1. The molecule has 0 bridgehead atoms. The number of carbonyl (C=O) groups excluding carboxylic acids is 1. The second kappa shape index (κ2) is 29.3. The van der Waals surface area contributed by atoms with Crippen molar-refractivity contribution >= 4 is 5.78 Å². The van der Waals surface area contributed by atoms with Crippen molar-refractivity contribution in [2.24, 2.45) is 0 Å². The van der Waals surface area contributed by atoms with Gasteiger partial charge in [-0.1, -0.05) is 192 Å². The van der Waals surface area contributed by atoms with E-state index in [2.05, 4.69) is 35.4 Å². The van der Waals surface area contributed by atoms with Crippen molar-refractivity contribution in [1.82, 2.24) is 19.1 Å². The highest BCUT2D eigenvalue weighted by Crippen LogP contribution is 2.29. The molecule has 0 fully saturated rings. The van der Waals surface area contributed by atoms with Crippen molar-refractivity contribution in [3.8, 4) is 45.5 Å². The molecule has 6 aromatic rings. The molecular formula is C59H78N4O3. The standard InChI is InChI=1S/C59H78N4O3/c1-3-5-7-9-11-13-15-17-19-21-23-31-45-62-47-55(49-37-41-53(42-38-49)65-51-33-27-25-28-34-51)60-58(62)57(64)59-61-56(50-39-43-54(44-40-50)66-52-35-29-26-30-36-52)48-63(59)46-32-24-22-20-18-16-14-12-10-8-6-4-2/h25-30,33-44,47-48H,3-24,31-32,45-46H2,1-2H3. The Labute approximate surface area is 397 Å². The van der Waals surface area contributed by atoms with Gasteiger partial charge in [0.1, 0.15) is 23.0 Å². The smallest absolute Gasteiger partial charge is 0.263 e. The van der Waals surface area contributed by atoms with Gasteiger partial charge in [0, 0.05) is 36.6 Å². The fraction of sp³-hybridized carbons (Fsp3) is 0.475. The van der Waals surface area contributed by atoms with Crippen LogP contribution in [0.4, 0.5) is 0 Å². The average molecular weight is 891 g/mol. The molecule has 0 atom stereocenters. The monoisotopic (exact) mass is 891 g/mol. The van der Waals surface area contributed by atoms with Gasteiger partial charge >= 0.3 is 0 Å². The first-order chi connectivity index (χ1) is 32.6. The molecule has 4 aromatic carbocycles. The number of rotatable bonds is 34. The molecule has 0 saturated heterocycles. The van der Waals surface area contributed by atoms with Crippen LogP contribution < -0.4 is 9.47 Å². The highest BCUT2D eigenvalue weighted by atomic mass is 16.5. The van der Waals surface area contributed by atoms with Gasteiger partial charge in [0.15, 0.2) is 11.6 Å². The van der Waals surface area contributed by atoms with Crippen LogP contribution in [0.3, 0.4) is 0 Å². The number of hydrogen-bond donors (Lipinski definition) is 0. The highest BCUT2D eigenvalue weighted by molar-refractivity contribution is 6.05. The zero-order chi connectivity index (χ0) is 45.9. The SMILES string of the molecule is CCCCCCCCCCCCCCn1cc(-c2ccc(Oc3ccccc3)cc2)nc1C(=O)c1nc(-c2ccc(Oc3ccccc3)cc2)cn1CCCCCCCCCCCCCC. The molecule has 0 radical (unpaired) electrons. The van der Waals surface area contributed by atoms with Crippen LogP contribution in [0.15, 0.2) is 122 Å². The van der Waals surface area contributed by atoms with Gasteiger partial charge in [-0.3, -0.25) is 4.79 Å². The predicted molar refractivity (Wildman–Crippen MR) is 274 cm³/mol. The third-order valence-corrected chi connectivity index (χ3v) is 12.7. The Morgan fingerprint density at radius 1 is 0.379 bits per heavy atom. The van der Waals surface area contributed by atoms with Gasteiger partial charge in [-0.05, 0) is 85.6 Å². The van der Waals surface area contributed by atoms with E-state index >= 15 is 0 Å². The lowest BCUT2D eigenvalue weighted by Crippen LogP contribution is -2.17. The first-order valence-electron chi connectivity index (χ1n) is 26.0. The number of ether oxygens (including phenoxy) is 2. The second-order valence-corrected chi connectivity index (χ2v) is 18.3. The largest absolute Gasteiger partial charge is 0.457 e. The van der Waals surface area contributed by atoms with E-state index in [-0.39, 0.29) is 5.78 Å². The summed E-state index contributed by atoms with van der Waals surface area (Å²) in [6.45, 7) is 6.03. The quantitative estimate of drug-likeness (QED) is 0.0298. The number of benzene rings is 4. The fourth-order valence-electron chi connectivity index (χ4n) is 8.80. The maximum absolute atomic E-state index is 14.9. The Morgan fingerprint density at radius 3 is 0.985 bits per heavy atom. The number of hydrogen-bond acceptors (Lipinski definition) is 5. The van der Waals surface area contributed by atoms with E-state index in [4.69, 9.17) is 19.4 Å². The molecule has 0 unspecified atom stereocenters. The summed E-state index contributed by atoms with van der Waals surface area (Å²) in [5.41, 5.74) is 3.43. The molecule has 66 heavy (non-hydrogen) atoms. The summed E-state index contributed by atoms with van der Waals surface area (Å²) >= 11 is 0. The second-order valence-electron chi connectivity index (χ2n) is 18.3. The number of para-hydroxylation sites is 2. The van der Waals surface area contributed by atoms with Crippen molar-refractivity contribution in [3.05, 3.63) is 133 Å². The molecular weight excluding hydrogens is 813 g/mol. The Kier molecular flexibility index (Phi) is 22.2. The van der Waals surface area contributed by atoms with Gasteiger partial charge in [-0.15, -0.1) is 0 Å². The summed E-state index contributed by atoms with van der Waals surface area (Å²) in [5.74, 6) is 3.83. The van der Waals surface area contributed by atoms with Crippen LogP contribution in [-0.2, 0) is 13.1 Å². The molecule has 352 valence electrons. The minimum Gasteiger partial charge on any atom is -0.457 e. The summed E-state index contributed by atoms with van der Waals surface area (Å²) in [7, 11) is 0.